The molecule has 0 saturated carbocycles. The van der Waals surface area contributed by atoms with Gasteiger partial charge in [0.25, 0.3) is 5.91 Å². The Bertz CT molecular complexity index is 562. The van der Waals surface area contributed by atoms with Gasteiger partial charge in [-0.1, -0.05) is 6.07 Å². The maximum absolute atomic E-state index is 12.6. The van der Waals surface area contributed by atoms with Crippen LogP contribution in [0.4, 0.5) is 0 Å². The van der Waals surface area contributed by atoms with E-state index in [-0.39, 0.29) is 5.91 Å². The van der Waals surface area contributed by atoms with Gasteiger partial charge < -0.3 is 14.4 Å². The minimum atomic E-state index is -0.158. The minimum absolute atomic E-state index is 0.158. The molecule has 6 heteroatoms. The summed E-state index contributed by atoms with van der Waals surface area (Å²) in [6.45, 7) is 0.456. The first kappa shape index (κ1) is 14.3. The molecule has 0 radical (unpaired) electrons. The average molecular weight is 292 g/mol. The van der Waals surface area contributed by atoms with Crippen LogP contribution in [0.2, 0.25) is 0 Å². The highest BCUT2D eigenvalue weighted by Crippen LogP contribution is 2.29. The molecule has 0 unspecified atom stereocenters. The van der Waals surface area contributed by atoms with Crippen LogP contribution in [0.3, 0.4) is 0 Å². The van der Waals surface area contributed by atoms with Crippen LogP contribution in [0.1, 0.15) is 15.4 Å². The van der Waals surface area contributed by atoms with E-state index in [0.29, 0.717) is 23.6 Å². The third-order valence-corrected chi connectivity index (χ3v) is 3.61. The van der Waals surface area contributed by atoms with Crippen LogP contribution in [0.15, 0.2) is 29.8 Å². The second-order valence-corrected chi connectivity index (χ2v) is 5.10. The number of methoxy groups -OCH3 is 2. The van der Waals surface area contributed by atoms with Crippen molar-refractivity contribution in [1.29, 1.82) is 0 Å². The zero-order chi connectivity index (χ0) is 14.5. The van der Waals surface area contributed by atoms with Crippen LogP contribution >= 0.6 is 11.3 Å². The fraction of sp³-hybridized carbons (Fsp3) is 0.286. The molecule has 2 aromatic rings. The molecule has 0 saturated heterocycles. The second kappa shape index (κ2) is 6.38. The Balaban J connectivity index is 2.28. The Morgan fingerprint density at radius 1 is 1.30 bits per heavy atom. The van der Waals surface area contributed by atoms with Crippen molar-refractivity contribution in [2.75, 3.05) is 21.3 Å². The molecule has 0 atom stereocenters. The zero-order valence-corrected chi connectivity index (χ0v) is 12.4. The van der Waals surface area contributed by atoms with Crippen molar-refractivity contribution >= 4 is 17.2 Å². The van der Waals surface area contributed by atoms with Crippen LogP contribution in [-0.2, 0) is 6.54 Å². The van der Waals surface area contributed by atoms with E-state index in [1.165, 1.54) is 25.6 Å². The van der Waals surface area contributed by atoms with Crippen LogP contribution in [0.5, 0.6) is 11.5 Å². The van der Waals surface area contributed by atoms with E-state index in [1.54, 1.807) is 36.3 Å². The summed E-state index contributed by atoms with van der Waals surface area (Å²) in [6, 6.07) is 5.27. The summed E-state index contributed by atoms with van der Waals surface area (Å²) in [6.07, 6.45) is 1.72. The van der Waals surface area contributed by atoms with E-state index >= 15 is 0 Å². The molecule has 0 fully saturated rings. The number of aromatic nitrogens is 1. The summed E-state index contributed by atoms with van der Waals surface area (Å²) in [5.74, 6) is 0.843. The maximum atomic E-state index is 12.6. The Labute approximate surface area is 121 Å². The van der Waals surface area contributed by atoms with Gasteiger partial charge in [-0.05, 0) is 12.1 Å². The molecule has 2 rings (SSSR count). The van der Waals surface area contributed by atoms with E-state index in [1.807, 2.05) is 5.38 Å². The zero-order valence-electron chi connectivity index (χ0n) is 11.6. The van der Waals surface area contributed by atoms with E-state index in [2.05, 4.69) is 4.98 Å². The molecule has 0 bridgehead atoms. The highest BCUT2D eigenvalue weighted by atomic mass is 32.1. The highest BCUT2D eigenvalue weighted by molar-refractivity contribution is 7.09. The molecule has 5 nitrogen and oxygen atoms in total. The van der Waals surface area contributed by atoms with E-state index in [4.69, 9.17) is 9.47 Å². The monoisotopic (exact) mass is 292 g/mol. The van der Waals surface area contributed by atoms with Gasteiger partial charge in [0.2, 0.25) is 0 Å². The molecular weight excluding hydrogens is 276 g/mol. The van der Waals surface area contributed by atoms with E-state index in [0.717, 1.165) is 5.01 Å². The molecule has 0 aliphatic heterocycles. The third kappa shape index (κ3) is 2.91. The minimum Gasteiger partial charge on any atom is -0.496 e. The van der Waals surface area contributed by atoms with Crippen LogP contribution in [-0.4, -0.2) is 37.1 Å². The van der Waals surface area contributed by atoms with E-state index in [9.17, 15) is 4.79 Å². The van der Waals surface area contributed by atoms with Crippen LogP contribution in [0, 0.1) is 0 Å². The Morgan fingerprint density at radius 3 is 2.45 bits per heavy atom. The summed E-state index contributed by atoms with van der Waals surface area (Å²) in [5, 5.41) is 2.77. The fourth-order valence-electron chi connectivity index (χ4n) is 1.86. The van der Waals surface area contributed by atoms with Crippen molar-refractivity contribution in [2.45, 2.75) is 6.54 Å². The first-order valence-corrected chi connectivity index (χ1v) is 6.90. The number of carbonyl (C=O) groups excluding carboxylic acids is 1. The topological polar surface area (TPSA) is 51.7 Å². The molecule has 1 aromatic carbocycles. The lowest BCUT2D eigenvalue weighted by Crippen LogP contribution is -2.27. The number of benzene rings is 1. The van der Waals surface area contributed by atoms with Gasteiger partial charge in [0.1, 0.15) is 22.1 Å². The Kier molecular flexibility index (Phi) is 4.57. The van der Waals surface area contributed by atoms with Gasteiger partial charge in [-0.25, -0.2) is 4.98 Å². The van der Waals surface area contributed by atoms with E-state index < -0.39 is 0 Å². The number of nitrogens with zero attached hydrogens (tertiary/aromatic N) is 2. The molecular formula is C14H16N2O3S. The summed E-state index contributed by atoms with van der Waals surface area (Å²) in [5.41, 5.74) is 0.427. The highest BCUT2D eigenvalue weighted by Gasteiger charge is 2.22. The number of amides is 1. The predicted octanol–water partition coefficient (Wildman–Crippen LogP) is 2.43. The summed E-state index contributed by atoms with van der Waals surface area (Å²) >= 11 is 1.52. The largest absolute Gasteiger partial charge is 0.496 e. The lowest BCUT2D eigenvalue weighted by atomic mass is 10.1. The quantitative estimate of drug-likeness (QED) is 0.849. The van der Waals surface area contributed by atoms with Gasteiger partial charge in [0.05, 0.1) is 20.8 Å². The Hall–Kier alpha value is -2.08. The normalized spacial score (nSPS) is 10.2. The van der Waals surface area contributed by atoms with Crippen molar-refractivity contribution in [3.63, 3.8) is 0 Å². The molecule has 0 spiro atoms. The first-order valence-electron chi connectivity index (χ1n) is 6.02. The van der Waals surface area contributed by atoms with Crippen molar-refractivity contribution in [2.24, 2.45) is 0 Å². The average Bonchev–Trinajstić information content (AvgIpc) is 2.98. The third-order valence-electron chi connectivity index (χ3n) is 2.84. The van der Waals surface area contributed by atoms with Crippen molar-refractivity contribution in [3.8, 4) is 11.5 Å². The molecule has 0 aliphatic carbocycles. The van der Waals surface area contributed by atoms with Gasteiger partial charge in [-0.3, -0.25) is 4.79 Å². The van der Waals surface area contributed by atoms with Gasteiger partial charge in [0, 0.05) is 18.6 Å². The lowest BCUT2D eigenvalue weighted by molar-refractivity contribution is 0.0778. The molecule has 106 valence electrons. The van der Waals surface area contributed by atoms with Crippen molar-refractivity contribution in [1.82, 2.24) is 9.88 Å². The number of hydrogen-bond donors (Lipinski definition) is 0. The summed E-state index contributed by atoms with van der Waals surface area (Å²) in [7, 11) is 4.80. The summed E-state index contributed by atoms with van der Waals surface area (Å²) < 4.78 is 10.5. The number of ether oxygens (including phenoxy) is 2. The van der Waals surface area contributed by atoms with Crippen LogP contribution in [0.25, 0.3) is 0 Å². The smallest absolute Gasteiger partial charge is 0.261 e. The number of thiazole rings is 1. The molecule has 0 aliphatic rings. The van der Waals surface area contributed by atoms with Gasteiger partial charge in [-0.15, -0.1) is 11.3 Å². The first-order chi connectivity index (χ1) is 9.67. The molecule has 1 amide bonds. The molecule has 1 heterocycles. The fourth-order valence-corrected chi connectivity index (χ4v) is 2.53. The number of hydrogen-bond acceptors (Lipinski definition) is 5. The van der Waals surface area contributed by atoms with Crippen molar-refractivity contribution < 1.29 is 14.3 Å². The van der Waals surface area contributed by atoms with Crippen LogP contribution < -0.4 is 9.47 Å². The second-order valence-electron chi connectivity index (χ2n) is 4.12. The molecule has 1 aromatic heterocycles. The Morgan fingerprint density at radius 2 is 1.95 bits per heavy atom. The van der Waals surface area contributed by atoms with Gasteiger partial charge in [-0.2, -0.15) is 0 Å². The van der Waals surface area contributed by atoms with Gasteiger partial charge in [0.15, 0.2) is 0 Å². The molecule has 0 N–H and O–H groups in total. The standard InChI is InChI=1S/C14H16N2O3S/c1-16(9-12-15-7-8-20-12)14(17)13-10(18-2)5-4-6-11(13)19-3/h4-8H,9H2,1-3H3. The SMILES string of the molecule is COc1cccc(OC)c1C(=O)N(C)Cc1nccs1. The van der Waals surface area contributed by atoms with Crippen molar-refractivity contribution in [3.05, 3.63) is 40.3 Å². The summed E-state index contributed by atoms with van der Waals surface area (Å²) in [4.78, 5) is 18.3. The molecule has 20 heavy (non-hydrogen) atoms. The number of carbonyl (C=O) groups is 1. The lowest BCUT2D eigenvalue weighted by Gasteiger charge is -2.19. The van der Waals surface area contributed by atoms with Gasteiger partial charge >= 0.3 is 0 Å². The predicted molar refractivity (Wildman–Crippen MR) is 77.5 cm³/mol. The maximum Gasteiger partial charge on any atom is 0.261 e. The number of rotatable bonds is 5.